The third kappa shape index (κ3) is 7.50. The highest BCUT2D eigenvalue weighted by atomic mass is 35.5. The molecule has 0 saturated heterocycles. The van der Waals surface area contributed by atoms with Crippen molar-refractivity contribution >= 4 is 35.0 Å². The van der Waals surface area contributed by atoms with Crippen LogP contribution in [0.3, 0.4) is 0 Å². The summed E-state index contributed by atoms with van der Waals surface area (Å²) in [6, 6.07) is 22.0. The van der Waals surface area contributed by atoms with E-state index >= 15 is 0 Å². The maximum absolute atomic E-state index is 13.9. The zero-order valence-electron chi connectivity index (χ0n) is 21.0. The molecule has 0 aromatic heterocycles. The average molecular weight is 540 g/mol. The van der Waals surface area contributed by atoms with Crippen LogP contribution in [0, 0.1) is 0 Å². The van der Waals surface area contributed by atoms with E-state index in [1.807, 2.05) is 60.7 Å². The number of carbonyl (C=O) groups is 2. The number of halogens is 2. The minimum atomic E-state index is -0.678. The van der Waals surface area contributed by atoms with Gasteiger partial charge in [-0.25, -0.2) is 0 Å². The molecule has 1 unspecified atom stereocenters. The zero-order valence-corrected chi connectivity index (χ0v) is 22.5. The van der Waals surface area contributed by atoms with Crippen molar-refractivity contribution < 1.29 is 14.3 Å². The molecule has 0 bridgehead atoms. The van der Waals surface area contributed by atoms with E-state index < -0.39 is 6.04 Å². The number of carbonyl (C=O) groups excluding carboxylic acids is 2. The lowest BCUT2D eigenvalue weighted by molar-refractivity contribution is -0.141. The van der Waals surface area contributed by atoms with E-state index in [9.17, 15) is 9.59 Å². The summed E-state index contributed by atoms with van der Waals surface area (Å²) in [4.78, 5) is 29.3. The van der Waals surface area contributed by atoms with Crippen molar-refractivity contribution in [3.8, 4) is 5.75 Å². The summed E-state index contributed by atoms with van der Waals surface area (Å²) >= 11 is 12.4. The maximum atomic E-state index is 13.9. The van der Waals surface area contributed by atoms with Crippen LogP contribution in [0.15, 0.2) is 72.8 Å². The normalized spacial score (nSPS) is 14.2. The van der Waals surface area contributed by atoms with E-state index in [4.69, 9.17) is 27.9 Å². The first-order chi connectivity index (χ1) is 17.9. The minimum absolute atomic E-state index is 0.126. The Kier molecular flexibility index (Phi) is 9.48. The summed E-state index contributed by atoms with van der Waals surface area (Å²) in [6.07, 6.45) is 4.73. The van der Waals surface area contributed by atoms with Crippen LogP contribution in [0.1, 0.15) is 42.4 Å². The second-order valence-corrected chi connectivity index (χ2v) is 10.3. The smallest absolute Gasteiger partial charge is 0.243 e. The molecule has 0 radical (unpaired) electrons. The van der Waals surface area contributed by atoms with Gasteiger partial charge in [0.05, 0.1) is 23.6 Å². The fourth-order valence-corrected chi connectivity index (χ4v) is 5.10. The monoisotopic (exact) mass is 538 g/mol. The Bertz CT molecular complexity index is 1200. The van der Waals surface area contributed by atoms with Gasteiger partial charge in [-0.3, -0.25) is 9.59 Å². The first kappa shape index (κ1) is 27.0. The number of hydrogen-bond donors (Lipinski definition) is 1. The Morgan fingerprint density at radius 3 is 2.24 bits per heavy atom. The van der Waals surface area contributed by atoms with Gasteiger partial charge < -0.3 is 15.0 Å². The van der Waals surface area contributed by atoms with Gasteiger partial charge in [0.15, 0.2) is 0 Å². The molecule has 194 valence electrons. The highest BCUT2D eigenvalue weighted by Gasteiger charge is 2.32. The van der Waals surface area contributed by atoms with Gasteiger partial charge in [-0.2, -0.15) is 0 Å². The Balaban J connectivity index is 1.66. The maximum Gasteiger partial charge on any atom is 0.243 e. The molecule has 1 atom stereocenters. The molecular formula is C30H32Cl2N2O3. The number of rotatable bonds is 10. The van der Waals surface area contributed by atoms with Crippen molar-refractivity contribution in [3.05, 3.63) is 99.5 Å². The van der Waals surface area contributed by atoms with Crippen LogP contribution in [0.25, 0.3) is 0 Å². The first-order valence-electron chi connectivity index (χ1n) is 12.6. The van der Waals surface area contributed by atoms with Crippen molar-refractivity contribution in [2.24, 2.45) is 0 Å². The van der Waals surface area contributed by atoms with Gasteiger partial charge in [-0.1, -0.05) is 84.6 Å². The Hall–Kier alpha value is -3.02. The predicted octanol–water partition coefficient (Wildman–Crippen LogP) is 6.24. The lowest BCUT2D eigenvalue weighted by atomic mass is 10.0. The van der Waals surface area contributed by atoms with Crippen LogP contribution in [-0.4, -0.2) is 35.9 Å². The molecule has 1 aliphatic carbocycles. The third-order valence-corrected chi connectivity index (χ3v) is 7.56. The highest BCUT2D eigenvalue weighted by molar-refractivity contribution is 6.42. The fourth-order valence-electron chi connectivity index (χ4n) is 4.78. The molecule has 0 aliphatic heterocycles. The summed E-state index contributed by atoms with van der Waals surface area (Å²) in [5, 5.41) is 4.08. The van der Waals surface area contributed by atoms with Gasteiger partial charge in [0.1, 0.15) is 11.8 Å². The quantitative estimate of drug-likeness (QED) is 0.332. The largest absolute Gasteiger partial charge is 0.497 e. The summed E-state index contributed by atoms with van der Waals surface area (Å²) in [5.74, 6) is 0.458. The van der Waals surface area contributed by atoms with Gasteiger partial charge in [0, 0.05) is 19.0 Å². The SMILES string of the molecule is COc1ccc(CC(=O)N(Cc2ccc(Cl)c(Cl)c2)C(Cc2ccccc2)C(=O)NC2CCCC2)cc1. The number of nitrogens with zero attached hydrogens (tertiary/aromatic N) is 1. The number of ether oxygens (including phenoxy) is 1. The molecule has 4 rings (SSSR count). The Labute approximate surface area is 228 Å². The molecule has 1 aliphatic rings. The Morgan fingerprint density at radius 1 is 0.919 bits per heavy atom. The number of hydrogen-bond acceptors (Lipinski definition) is 3. The van der Waals surface area contributed by atoms with Gasteiger partial charge in [-0.05, 0) is 53.8 Å². The highest BCUT2D eigenvalue weighted by Crippen LogP contribution is 2.25. The van der Waals surface area contributed by atoms with Crippen molar-refractivity contribution in [1.29, 1.82) is 0 Å². The summed E-state index contributed by atoms with van der Waals surface area (Å²) in [6.45, 7) is 0.238. The van der Waals surface area contributed by atoms with Crippen LogP contribution < -0.4 is 10.1 Å². The molecule has 1 saturated carbocycles. The van der Waals surface area contributed by atoms with Gasteiger partial charge in [0.2, 0.25) is 11.8 Å². The fraction of sp³-hybridized carbons (Fsp3) is 0.333. The van der Waals surface area contributed by atoms with Crippen molar-refractivity contribution in [2.75, 3.05) is 7.11 Å². The lowest BCUT2D eigenvalue weighted by Gasteiger charge is -2.32. The van der Waals surface area contributed by atoms with E-state index in [0.29, 0.717) is 16.5 Å². The van der Waals surface area contributed by atoms with Crippen LogP contribution >= 0.6 is 23.2 Å². The number of methoxy groups -OCH3 is 1. The molecule has 0 spiro atoms. The van der Waals surface area contributed by atoms with Crippen molar-refractivity contribution in [3.63, 3.8) is 0 Å². The summed E-state index contributed by atoms with van der Waals surface area (Å²) in [7, 11) is 1.61. The molecular weight excluding hydrogens is 507 g/mol. The van der Waals surface area contributed by atoms with Crippen LogP contribution in [0.4, 0.5) is 0 Å². The summed E-state index contributed by atoms with van der Waals surface area (Å²) < 4.78 is 5.25. The topological polar surface area (TPSA) is 58.6 Å². The summed E-state index contributed by atoms with van der Waals surface area (Å²) in [5.41, 5.74) is 2.65. The first-order valence-corrected chi connectivity index (χ1v) is 13.4. The van der Waals surface area contributed by atoms with Crippen LogP contribution in [-0.2, 0) is 29.0 Å². The molecule has 3 aromatic rings. The van der Waals surface area contributed by atoms with Crippen LogP contribution in [0.2, 0.25) is 10.0 Å². The van der Waals surface area contributed by atoms with E-state index in [2.05, 4.69) is 5.32 Å². The van der Waals surface area contributed by atoms with Gasteiger partial charge in [0.25, 0.3) is 0 Å². The van der Waals surface area contributed by atoms with E-state index in [0.717, 1.165) is 48.1 Å². The van der Waals surface area contributed by atoms with Crippen molar-refractivity contribution in [2.45, 2.75) is 57.2 Å². The molecule has 0 heterocycles. The van der Waals surface area contributed by atoms with E-state index in [1.165, 1.54) is 0 Å². The minimum Gasteiger partial charge on any atom is -0.497 e. The van der Waals surface area contributed by atoms with Gasteiger partial charge in [-0.15, -0.1) is 0 Å². The third-order valence-electron chi connectivity index (χ3n) is 6.82. The molecule has 3 aromatic carbocycles. The molecule has 1 N–H and O–H groups in total. The predicted molar refractivity (Wildman–Crippen MR) is 148 cm³/mol. The number of amides is 2. The standard InChI is InChI=1S/C30H32Cl2N2O3/c1-37-25-14-11-22(12-15-25)19-29(35)34(20-23-13-16-26(31)27(32)17-23)28(18-21-7-3-2-4-8-21)30(36)33-24-9-5-6-10-24/h2-4,7-8,11-17,24,28H,5-6,9-10,18-20H2,1H3,(H,33,36). The number of benzene rings is 3. The second-order valence-electron chi connectivity index (χ2n) is 9.49. The molecule has 2 amide bonds. The molecule has 7 heteroatoms. The second kappa shape index (κ2) is 13.0. The lowest BCUT2D eigenvalue weighted by Crippen LogP contribution is -2.52. The molecule has 37 heavy (non-hydrogen) atoms. The van der Waals surface area contributed by atoms with Crippen molar-refractivity contribution in [1.82, 2.24) is 10.2 Å². The molecule has 5 nitrogen and oxygen atoms in total. The van der Waals surface area contributed by atoms with E-state index in [-0.39, 0.29) is 30.8 Å². The molecule has 1 fully saturated rings. The average Bonchev–Trinajstić information content (AvgIpc) is 3.42. The Morgan fingerprint density at radius 2 is 1.59 bits per heavy atom. The number of nitrogens with one attached hydrogen (secondary N) is 1. The van der Waals surface area contributed by atoms with E-state index in [1.54, 1.807) is 24.1 Å². The van der Waals surface area contributed by atoms with Gasteiger partial charge >= 0.3 is 0 Å². The zero-order chi connectivity index (χ0) is 26.2. The van der Waals surface area contributed by atoms with Crippen LogP contribution in [0.5, 0.6) is 5.75 Å².